The van der Waals surface area contributed by atoms with Gasteiger partial charge < -0.3 is 14.2 Å². The van der Waals surface area contributed by atoms with E-state index < -0.39 is 12.1 Å². The van der Waals surface area contributed by atoms with Gasteiger partial charge in [-0.1, -0.05) is 5.16 Å². The highest BCUT2D eigenvalue weighted by Gasteiger charge is 2.31. The van der Waals surface area contributed by atoms with Crippen LogP contribution in [0.15, 0.2) is 53.6 Å². The Hall–Kier alpha value is -4.15. The van der Waals surface area contributed by atoms with Crippen LogP contribution in [0.5, 0.6) is 5.75 Å². The minimum atomic E-state index is -4.83. The molecule has 0 aliphatic heterocycles. The van der Waals surface area contributed by atoms with Crippen molar-refractivity contribution in [1.29, 1.82) is 0 Å². The fraction of sp³-hybridized carbons (Fsp3) is 0.136. The van der Waals surface area contributed by atoms with Crippen LogP contribution < -0.4 is 4.74 Å². The number of halogens is 3. The highest BCUT2D eigenvalue weighted by atomic mass is 19.4. The summed E-state index contributed by atoms with van der Waals surface area (Å²) in [4.78, 5) is 11.8. The van der Waals surface area contributed by atoms with Crippen LogP contribution in [0.2, 0.25) is 0 Å². The van der Waals surface area contributed by atoms with Crippen LogP contribution in [0.25, 0.3) is 39.4 Å². The zero-order valence-corrected chi connectivity index (χ0v) is 16.8. The number of aromatic amines is 1. The lowest BCUT2D eigenvalue weighted by atomic mass is 10.1. The summed E-state index contributed by atoms with van der Waals surface area (Å²) in [6.45, 7) is 0. The lowest BCUT2D eigenvalue weighted by molar-refractivity contribution is -0.274. The van der Waals surface area contributed by atoms with Gasteiger partial charge in [0.15, 0.2) is 0 Å². The SMILES string of the molecule is FC(F)(F)Oc1ccc(-c2nc(-c3ccc4[nH]c5c(c4c3)CC[CH]5)no2)c(-n2cncn2)c1. The summed E-state index contributed by atoms with van der Waals surface area (Å²) < 4.78 is 48.9. The molecule has 0 saturated heterocycles. The lowest BCUT2D eigenvalue weighted by Crippen LogP contribution is -2.17. The van der Waals surface area contributed by atoms with Crippen LogP contribution in [0.1, 0.15) is 17.7 Å². The average molecular weight is 451 g/mol. The van der Waals surface area contributed by atoms with Gasteiger partial charge in [0.2, 0.25) is 5.82 Å². The van der Waals surface area contributed by atoms with E-state index in [1.807, 2.05) is 18.2 Å². The van der Waals surface area contributed by atoms with Gasteiger partial charge >= 0.3 is 6.36 Å². The molecule has 0 bridgehead atoms. The molecule has 0 atom stereocenters. The number of hydrogen-bond donors (Lipinski definition) is 1. The molecular weight excluding hydrogens is 437 g/mol. The first-order chi connectivity index (χ1) is 15.9. The van der Waals surface area contributed by atoms with Crippen LogP contribution in [0.3, 0.4) is 0 Å². The number of H-pyrrole nitrogens is 1. The topological polar surface area (TPSA) is 94.7 Å². The molecule has 5 aromatic rings. The Morgan fingerprint density at radius 1 is 1.12 bits per heavy atom. The van der Waals surface area contributed by atoms with Crippen molar-refractivity contribution in [1.82, 2.24) is 29.9 Å². The van der Waals surface area contributed by atoms with Crippen LogP contribution >= 0.6 is 0 Å². The van der Waals surface area contributed by atoms with Crippen LogP contribution in [-0.2, 0) is 6.42 Å². The Morgan fingerprint density at radius 2 is 2.03 bits per heavy atom. The fourth-order valence-electron chi connectivity index (χ4n) is 4.07. The van der Waals surface area contributed by atoms with Gasteiger partial charge in [-0.05, 0) is 48.7 Å². The summed E-state index contributed by atoms with van der Waals surface area (Å²) in [5, 5.41) is 9.21. The van der Waals surface area contributed by atoms with Gasteiger partial charge in [-0.25, -0.2) is 9.67 Å². The van der Waals surface area contributed by atoms with Crippen LogP contribution in [0.4, 0.5) is 13.2 Å². The molecule has 2 aromatic carbocycles. The first kappa shape index (κ1) is 19.5. The van der Waals surface area contributed by atoms with Gasteiger partial charge in [-0.3, -0.25) is 0 Å². The first-order valence-corrected chi connectivity index (χ1v) is 10.0. The minimum absolute atomic E-state index is 0.127. The van der Waals surface area contributed by atoms with E-state index in [-0.39, 0.29) is 11.6 Å². The van der Waals surface area contributed by atoms with Crippen molar-refractivity contribution in [3.8, 4) is 34.3 Å². The number of aromatic nitrogens is 6. The van der Waals surface area contributed by atoms with Gasteiger partial charge in [-0.2, -0.15) is 10.1 Å². The molecule has 6 rings (SSSR count). The lowest BCUT2D eigenvalue weighted by Gasteiger charge is -2.12. The highest BCUT2D eigenvalue weighted by Crippen LogP contribution is 2.35. The monoisotopic (exact) mass is 451 g/mol. The number of rotatable bonds is 4. The second kappa shape index (κ2) is 7.19. The number of nitrogens with one attached hydrogen (secondary N) is 1. The number of ether oxygens (including phenoxy) is 1. The van der Waals surface area contributed by atoms with E-state index in [2.05, 4.69) is 36.4 Å². The van der Waals surface area contributed by atoms with Gasteiger partial charge in [0, 0.05) is 34.6 Å². The van der Waals surface area contributed by atoms with E-state index >= 15 is 0 Å². The largest absolute Gasteiger partial charge is 0.573 e. The van der Waals surface area contributed by atoms with Crippen molar-refractivity contribution in [3.63, 3.8) is 0 Å². The Morgan fingerprint density at radius 3 is 2.85 bits per heavy atom. The third-order valence-corrected chi connectivity index (χ3v) is 5.46. The van der Waals surface area contributed by atoms with E-state index in [0.29, 0.717) is 11.4 Å². The van der Waals surface area contributed by atoms with E-state index in [1.54, 1.807) is 0 Å². The van der Waals surface area contributed by atoms with Crippen molar-refractivity contribution < 1.29 is 22.4 Å². The summed E-state index contributed by atoms with van der Waals surface area (Å²) in [5.74, 6) is 0.0887. The Labute approximate surface area is 184 Å². The number of hydrogen-bond acceptors (Lipinski definition) is 6. The average Bonchev–Trinajstić information content (AvgIpc) is 3.56. The zero-order valence-electron chi connectivity index (χ0n) is 16.8. The van der Waals surface area contributed by atoms with Gasteiger partial charge in [0.25, 0.3) is 5.89 Å². The van der Waals surface area contributed by atoms with E-state index in [9.17, 15) is 13.2 Å². The molecule has 1 aliphatic carbocycles. The molecular formula is C22H14F3N6O2. The fourth-order valence-corrected chi connectivity index (χ4v) is 4.07. The quantitative estimate of drug-likeness (QED) is 0.419. The molecule has 0 unspecified atom stereocenters. The predicted octanol–water partition coefficient (Wildman–Crippen LogP) is 4.86. The Kier molecular flexibility index (Phi) is 4.25. The van der Waals surface area contributed by atoms with Gasteiger partial charge in [0.05, 0.1) is 11.3 Å². The maximum atomic E-state index is 12.7. The normalized spacial score (nSPS) is 13.5. The molecule has 1 radical (unpaired) electrons. The van der Waals surface area contributed by atoms with E-state index in [4.69, 9.17) is 4.52 Å². The Balaban J connectivity index is 1.40. The van der Waals surface area contributed by atoms with Crippen molar-refractivity contribution in [3.05, 3.63) is 66.7 Å². The minimum Gasteiger partial charge on any atom is -0.406 e. The maximum absolute atomic E-state index is 12.7. The van der Waals surface area contributed by atoms with E-state index in [0.717, 1.165) is 35.0 Å². The van der Waals surface area contributed by atoms with Crippen LogP contribution in [-0.4, -0.2) is 36.3 Å². The molecule has 1 aliphatic rings. The molecule has 0 spiro atoms. The Bertz CT molecular complexity index is 1470. The molecule has 0 saturated carbocycles. The standard InChI is InChI=1S/C22H14F3N6O2/c23-22(24,25)32-13-5-6-15(19(9-13)31-11-26-10-27-31)21-29-20(30-33-21)12-4-7-18-16(8-12)14-2-1-3-17(14)28-18/h3-11,28H,1-2H2. The number of nitrogens with zero attached hydrogens (tertiary/aromatic N) is 5. The molecule has 11 heteroatoms. The summed E-state index contributed by atoms with van der Waals surface area (Å²) in [6.07, 6.45) is 1.96. The molecule has 1 N–H and O–H groups in total. The summed E-state index contributed by atoms with van der Waals surface area (Å²) >= 11 is 0. The second-order valence-corrected chi connectivity index (χ2v) is 7.51. The molecule has 33 heavy (non-hydrogen) atoms. The van der Waals surface area contributed by atoms with Gasteiger partial charge in [-0.15, -0.1) is 13.2 Å². The zero-order chi connectivity index (χ0) is 22.6. The third kappa shape index (κ3) is 3.51. The summed E-state index contributed by atoms with van der Waals surface area (Å²) in [7, 11) is 0. The molecule has 0 fully saturated rings. The molecule has 0 amide bonds. The van der Waals surface area contributed by atoms with Crippen molar-refractivity contribution in [2.45, 2.75) is 19.2 Å². The van der Waals surface area contributed by atoms with Crippen LogP contribution in [0, 0.1) is 6.42 Å². The number of benzene rings is 2. The van der Waals surface area contributed by atoms with Crippen molar-refractivity contribution in [2.75, 3.05) is 0 Å². The van der Waals surface area contributed by atoms with Crippen molar-refractivity contribution in [2.24, 2.45) is 0 Å². The molecule has 8 nitrogen and oxygen atoms in total. The number of alkyl halides is 3. The third-order valence-electron chi connectivity index (χ3n) is 5.46. The molecule has 3 aromatic heterocycles. The smallest absolute Gasteiger partial charge is 0.406 e. The summed E-state index contributed by atoms with van der Waals surface area (Å²) in [6, 6.07) is 9.65. The van der Waals surface area contributed by atoms with E-state index in [1.165, 1.54) is 41.1 Å². The van der Waals surface area contributed by atoms with Crippen molar-refractivity contribution >= 4 is 10.9 Å². The second-order valence-electron chi connectivity index (χ2n) is 7.51. The van der Waals surface area contributed by atoms with Gasteiger partial charge in [0.1, 0.15) is 18.4 Å². The predicted molar refractivity (Wildman–Crippen MR) is 110 cm³/mol. The first-order valence-electron chi connectivity index (χ1n) is 10.0. The maximum Gasteiger partial charge on any atom is 0.573 e. The number of fused-ring (bicyclic) bond motifs is 3. The summed E-state index contributed by atoms with van der Waals surface area (Å²) in [5.41, 5.74) is 4.85. The number of aryl methyl sites for hydroxylation is 1. The molecule has 3 heterocycles. The molecule has 165 valence electrons. The highest BCUT2D eigenvalue weighted by molar-refractivity contribution is 5.89.